The van der Waals surface area contributed by atoms with Crippen molar-refractivity contribution in [3.8, 4) is 5.88 Å². The van der Waals surface area contributed by atoms with Crippen molar-refractivity contribution in [2.75, 3.05) is 32.0 Å². The highest BCUT2D eigenvalue weighted by molar-refractivity contribution is 6.15. The molecular formula is C21H25N5O3. The fourth-order valence-electron chi connectivity index (χ4n) is 3.68. The minimum absolute atomic E-state index is 0.0191. The minimum Gasteiger partial charge on any atom is -0.474 e. The zero-order valence-electron chi connectivity index (χ0n) is 16.3. The maximum atomic E-state index is 12.7. The first kappa shape index (κ1) is 19.3. The molecule has 2 aromatic rings. The molecule has 0 aromatic carbocycles. The topological polar surface area (TPSA) is 114 Å². The molecule has 0 aliphatic carbocycles. The molecule has 8 heteroatoms. The third-order valence-electron chi connectivity index (χ3n) is 5.31. The molecule has 0 unspecified atom stereocenters. The first-order chi connectivity index (χ1) is 14.1. The van der Waals surface area contributed by atoms with Gasteiger partial charge >= 0.3 is 0 Å². The molecule has 3 N–H and O–H groups in total. The fraction of sp³-hybridized carbons (Fsp3) is 0.429. The monoisotopic (exact) mass is 395 g/mol. The lowest BCUT2D eigenvalue weighted by Crippen LogP contribution is -2.28. The van der Waals surface area contributed by atoms with Gasteiger partial charge in [-0.2, -0.15) is 0 Å². The quantitative estimate of drug-likeness (QED) is 0.751. The van der Waals surface area contributed by atoms with Crippen LogP contribution in [0.4, 0.5) is 5.69 Å². The van der Waals surface area contributed by atoms with Crippen molar-refractivity contribution < 1.29 is 14.3 Å². The number of carbonyl (C=O) groups is 1. The molecule has 4 heterocycles. The van der Waals surface area contributed by atoms with E-state index in [1.807, 2.05) is 0 Å². The van der Waals surface area contributed by atoms with Crippen molar-refractivity contribution in [1.29, 1.82) is 5.41 Å². The fourth-order valence-corrected chi connectivity index (χ4v) is 3.68. The maximum Gasteiger partial charge on any atom is 0.272 e. The lowest BCUT2D eigenvalue weighted by atomic mass is 10.0. The van der Waals surface area contributed by atoms with Crippen molar-refractivity contribution in [1.82, 2.24) is 14.9 Å². The Bertz CT molecular complexity index is 905. The number of likely N-dealkylation sites (tertiary alicyclic amines) is 1. The predicted molar refractivity (Wildman–Crippen MR) is 108 cm³/mol. The van der Waals surface area contributed by atoms with Crippen molar-refractivity contribution in [2.24, 2.45) is 0 Å². The van der Waals surface area contributed by atoms with Gasteiger partial charge in [-0.1, -0.05) is 0 Å². The summed E-state index contributed by atoms with van der Waals surface area (Å²) < 4.78 is 11.4. The number of amides is 1. The van der Waals surface area contributed by atoms with Gasteiger partial charge in [0.1, 0.15) is 11.8 Å². The first-order valence-electron chi connectivity index (χ1n) is 9.97. The number of rotatable bonds is 5. The highest BCUT2D eigenvalue weighted by Gasteiger charge is 2.24. The summed E-state index contributed by atoms with van der Waals surface area (Å²) in [5.41, 5.74) is 8.09. The maximum absolute atomic E-state index is 12.7. The predicted octanol–water partition coefficient (Wildman–Crippen LogP) is 2.27. The van der Waals surface area contributed by atoms with Crippen molar-refractivity contribution in [3.63, 3.8) is 0 Å². The third-order valence-corrected chi connectivity index (χ3v) is 5.31. The molecule has 2 saturated heterocycles. The summed E-state index contributed by atoms with van der Waals surface area (Å²) in [5, 5.41) is 8.74. The summed E-state index contributed by atoms with van der Waals surface area (Å²) in [7, 11) is 0. The van der Waals surface area contributed by atoms with E-state index in [-0.39, 0.29) is 17.7 Å². The number of anilines is 1. The van der Waals surface area contributed by atoms with Gasteiger partial charge in [0, 0.05) is 49.6 Å². The van der Waals surface area contributed by atoms with Gasteiger partial charge in [0.2, 0.25) is 5.88 Å². The largest absolute Gasteiger partial charge is 0.474 e. The summed E-state index contributed by atoms with van der Waals surface area (Å²) in [4.78, 5) is 23.0. The minimum atomic E-state index is -0.102. The Hall–Kier alpha value is -3.00. The number of nitrogen functional groups attached to an aromatic ring is 1. The van der Waals surface area contributed by atoms with Crippen LogP contribution in [-0.2, 0) is 4.74 Å². The Morgan fingerprint density at radius 3 is 2.66 bits per heavy atom. The number of hydrogen-bond acceptors (Lipinski definition) is 7. The summed E-state index contributed by atoms with van der Waals surface area (Å²) in [6.45, 7) is 2.79. The Kier molecular flexibility index (Phi) is 5.71. The van der Waals surface area contributed by atoms with Gasteiger partial charge in [0.25, 0.3) is 5.91 Å². The van der Waals surface area contributed by atoms with E-state index in [0.29, 0.717) is 41.6 Å². The van der Waals surface area contributed by atoms with Crippen LogP contribution < -0.4 is 10.5 Å². The number of ether oxygens (including phenoxy) is 2. The summed E-state index contributed by atoms with van der Waals surface area (Å²) in [6.07, 6.45) is 6.68. The molecule has 0 saturated carbocycles. The lowest BCUT2D eigenvalue weighted by molar-refractivity contribution is 0.0237. The van der Waals surface area contributed by atoms with E-state index >= 15 is 0 Å². The molecule has 2 aliphatic heterocycles. The van der Waals surface area contributed by atoms with E-state index in [9.17, 15) is 4.79 Å². The molecule has 0 radical (unpaired) electrons. The number of hydrogen-bond donors (Lipinski definition) is 2. The smallest absolute Gasteiger partial charge is 0.272 e. The van der Waals surface area contributed by atoms with Crippen LogP contribution in [0.2, 0.25) is 0 Å². The SMILES string of the molecule is N=C(c1ccnc(C(=O)N2CCCC2)c1)c1c(N)ccnc1OC1CCOCC1. The number of pyridine rings is 2. The molecule has 4 rings (SSSR count). The molecule has 0 atom stereocenters. The molecule has 152 valence electrons. The Morgan fingerprint density at radius 1 is 1.17 bits per heavy atom. The normalized spacial score (nSPS) is 17.3. The molecule has 0 bridgehead atoms. The number of nitrogens with one attached hydrogen (secondary N) is 1. The zero-order chi connectivity index (χ0) is 20.2. The second-order valence-corrected chi connectivity index (χ2v) is 7.31. The van der Waals surface area contributed by atoms with Gasteiger partial charge in [-0.15, -0.1) is 0 Å². The zero-order valence-corrected chi connectivity index (χ0v) is 16.3. The van der Waals surface area contributed by atoms with Gasteiger partial charge in [0.15, 0.2) is 0 Å². The van der Waals surface area contributed by atoms with Crippen molar-refractivity contribution >= 4 is 17.3 Å². The van der Waals surface area contributed by atoms with Gasteiger partial charge in [-0.25, -0.2) is 4.98 Å². The van der Waals surface area contributed by atoms with Crippen molar-refractivity contribution in [2.45, 2.75) is 31.8 Å². The van der Waals surface area contributed by atoms with Crippen LogP contribution in [0.1, 0.15) is 47.3 Å². The standard InChI is InChI=1S/C21H25N5O3/c22-16-4-8-25-20(29-15-5-11-28-12-6-15)18(16)19(23)14-3-7-24-17(13-14)21(27)26-9-1-2-10-26/h3-4,7-8,13,15,23H,1-2,5-6,9-12H2,(H2,22,25). The molecule has 29 heavy (non-hydrogen) atoms. The average molecular weight is 395 g/mol. The Morgan fingerprint density at radius 2 is 1.90 bits per heavy atom. The number of carbonyl (C=O) groups excluding carboxylic acids is 1. The van der Waals surface area contributed by atoms with Gasteiger partial charge in [-0.3, -0.25) is 15.2 Å². The molecule has 0 spiro atoms. The van der Waals surface area contributed by atoms with Gasteiger partial charge < -0.3 is 20.1 Å². The first-order valence-corrected chi connectivity index (χ1v) is 9.97. The molecule has 2 aliphatic rings. The van der Waals surface area contributed by atoms with Gasteiger partial charge in [0.05, 0.1) is 24.5 Å². The van der Waals surface area contributed by atoms with E-state index in [0.717, 1.165) is 38.8 Å². The molecule has 2 fully saturated rings. The van der Waals surface area contributed by atoms with Gasteiger partial charge in [-0.05, 0) is 31.0 Å². The third kappa shape index (κ3) is 4.22. The number of aromatic nitrogens is 2. The highest BCUT2D eigenvalue weighted by Crippen LogP contribution is 2.27. The Balaban J connectivity index is 1.61. The molecule has 8 nitrogen and oxygen atoms in total. The van der Waals surface area contributed by atoms with Crippen LogP contribution in [0.3, 0.4) is 0 Å². The van der Waals surface area contributed by atoms with Crippen LogP contribution in [-0.4, -0.2) is 58.9 Å². The average Bonchev–Trinajstić information content (AvgIpc) is 3.29. The van der Waals surface area contributed by atoms with Crippen molar-refractivity contribution in [3.05, 3.63) is 47.4 Å². The van der Waals surface area contributed by atoms with Crippen LogP contribution in [0.5, 0.6) is 5.88 Å². The van der Waals surface area contributed by atoms with E-state index in [1.165, 1.54) is 0 Å². The summed E-state index contributed by atoms with van der Waals surface area (Å²) in [5.74, 6) is 0.237. The second-order valence-electron chi connectivity index (χ2n) is 7.31. The van der Waals surface area contributed by atoms with E-state index in [1.54, 1.807) is 35.5 Å². The van der Waals surface area contributed by atoms with Crippen LogP contribution in [0, 0.1) is 5.41 Å². The number of nitrogens with zero attached hydrogens (tertiary/aromatic N) is 3. The summed E-state index contributed by atoms with van der Waals surface area (Å²) >= 11 is 0. The molecule has 2 aromatic heterocycles. The van der Waals surface area contributed by atoms with Crippen LogP contribution in [0.25, 0.3) is 0 Å². The van der Waals surface area contributed by atoms with E-state index < -0.39 is 0 Å². The van der Waals surface area contributed by atoms with Crippen LogP contribution in [0.15, 0.2) is 30.6 Å². The van der Waals surface area contributed by atoms with E-state index in [2.05, 4.69) is 9.97 Å². The van der Waals surface area contributed by atoms with E-state index in [4.69, 9.17) is 20.6 Å². The second kappa shape index (κ2) is 8.57. The molecular weight excluding hydrogens is 370 g/mol. The highest BCUT2D eigenvalue weighted by atomic mass is 16.5. The lowest BCUT2D eigenvalue weighted by Gasteiger charge is -2.24. The number of nitrogens with two attached hydrogens (primary N) is 1. The Labute approximate surface area is 169 Å². The summed E-state index contributed by atoms with van der Waals surface area (Å²) in [6, 6.07) is 5.00. The van der Waals surface area contributed by atoms with Crippen LogP contribution >= 0.6 is 0 Å². The molecule has 1 amide bonds.